The normalized spacial score (nSPS) is 23.5. The number of aromatic nitrogens is 2. The molecule has 1 heterocycles. The van der Waals surface area contributed by atoms with Crippen molar-refractivity contribution < 1.29 is 23.5 Å². The van der Waals surface area contributed by atoms with Gasteiger partial charge in [-0.05, 0) is 44.4 Å². The molecule has 1 aromatic rings. The first-order valence-electron chi connectivity index (χ1n) is 10.4. The molecule has 2 fully saturated rings. The van der Waals surface area contributed by atoms with Crippen molar-refractivity contribution in [3.05, 3.63) is 0 Å². The SMILES string of the molecule is CC1CCC(N(C(=O)Nc2nnc(N(CC(=O)O)S(=O)[O-])s2)C2CCCCC2)CC1. The molecule has 2 aliphatic rings. The lowest BCUT2D eigenvalue weighted by Crippen LogP contribution is -2.51. The van der Waals surface area contributed by atoms with E-state index in [1.807, 2.05) is 4.90 Å². The third-order valence-electron chi connectivity index (χ3n) is 5.88. The predicted molar refractivity (Wildman–Crippen MR) is 113 cm³/mol. The van der Waals surface area contributed by atoms with Gasteiger partial charge in [-0.1, -0.05) is 37.5 Å². The van der Waals surface area contributed by atoms with Gasteiger partial charge in [0.05, 0.1) is 0 Å². The Bertz CT molecular complexity index is 762. The molecule has 0 radical (unpaired) electrons. The highest BCUT2D eigenvalue weighted by Crippen LogP contribution is 2.33. The zero-order chi connectivity index (χ0) is 21.7. The summed E-state index contributed by atoms with van der Waals surface area (Å²) in [5.74, 6) is -0.633. The Hall–Kier alpha value is -1.79. The van der Waals surface area contributed by atoms with Gasteiger partial charge in [0, 0.05) is 23.4 Å². The smallest absolute Gasteiger partial charge is 0.324 e. The minimum atomic E-state index is -2.81. The van der Waals surface area contributed by atoms with Crippen LogP contribution in [0.25, 0.3) is 0 Å². The summed E-state index contributed by atoms with van der Waals surface area (Å²) in [5, 5.41) is 19.3. The summed E-state index contributed by atoms with van der Waals surface area (Å²) in [6, 6.07) is 0.147. The minimum Gasteiger partial charge on any atom is -0.755 e. The molecule has 2 N–H and O–H groups in total. The van der Waals surface area contributed by atoms with Crippen LogP contribution in [0.3, 0.4) is 0 Å². The summed E-state index contributed by atoms with van der Waals surface area (Å²) in [7, 11) is 0. The van der Waals surface area contributed by atoms with Gasteiger partial charge in [0.2, 0.25) is 10.3 Å². The van der Waals surface area contributed by atoms with Crippen molar-refractivity contribution in [3.8, 4) is 0 Å². The van der Waals surface area contributed by atoms with Crippen LogP contribution in [-0.4, -0.2) is 59.6 Å². The summed E-state index contributed by atoms with van der Waals surface area (Å²) in [4.78, 5) is 26.1. The maximum atomic E-state index is 13.2. The van der Waals surface area contributed by atoms with Crippen molar-refractivity contribution in [3.63, 3.8) is 0 Å². The molecule has 168 valence electrons. The number of carbonyl (C=O) groups is 2. The number of nitrogens with zero attached hydrogens (tertiary/aromatic N) is 4. The third-order valence-corrected chi connectivity index (χ3v) is 7.52. The Labute approximate surface area is 182 Å². The van der Waals surface area contributed by atoms with Crippen LogP contribution in [0.1, 0.15) is 64.7 Å². The Morgan fingerprint density at radius 3 is 2.37 bits per heavy atom. The number of hydrogen-bond donors (Lipinski definition) is 2. The highest BCUT2D eigenvalue weighted by molar-refractivity contribution is 7.81. The molecule has 2 amide bonds. The fourth-order valence-electron chi connectivity index (χ4n) is 4.34. The summed E-state index contributed by atoms with van der Waals surface area (Å²) in [6.45, 7) is 1.49. The van der Waals surface area contributed by atoms with Crippen LogP contribution in [-0.2, 0) is 16.1 Å². The number of anilines is 2. The van der Waals surface area contributed by atoms with Gasteiger partial charge >= 0.3 is 12.0 Å². The highest BCUT2D eigenvalue weighted by Gasteiger charge is 2.34. The number of carboxylic acids is 1. The van der Waals surface area contributed by atoms with E-state index in [4.69, 9.17) is 5.11 Å². The fraction of sp³-hybridized carbons (Fsp3) is 0.778. The summed E-state index contributed by atoms with van der Waals surface area (Å²) in [5.41, 5.74) is 0. The summed E-state index contributed by atoms with van der Waals surface area (Å²) >= 11 is -1.97. The van der Waals surface area contributed by atoms with E-state index in [1.54, 1.807) is 0 Å². The molecule has 30 heavy (non-hydrogen) atoms. The van der Waals surface area contributed by atoms with E-state index in [9.17, 15) is 18.4 Å². The van der Waals surface area contributed by atoms with Gasteiger partial charge in [-0.25, -0.2) is 4.79 Å². The minimum absolute atomic E-state index is 0.100. The molecule has 10 nitrogen and oxygen atoms in total. The van der Waals surface area contributed by atoms with Crippen molar-refractivity contribution in [2.24, 2.45) is 5.92 Å². The van der Waals surface area contributed by atoms with Crippen molar-refractivity contribution in [2.75, 3.05) is 16.2 Å². The van der Waals surface area contributed by atoms with Crippen molar-refractivity contribution in [1.82, 2.24) is 15.1 Å². The molecule has 1 unspecified atom stereocenters. The Kier molecular flexibility index (Phi) is 8.00. The lowest BCUT2D eigenvalue weighted by molar-refractivity contribution is -0.135. The molecular weight excluding hydrogens is 430 g/mol. The lowest BCUT2D eigenvalue weighted by Gasteiger charge is -2.42. The molecule has 0 aliphatic heterocycles. The van der Waals surface area contributed by atoms with Crippen molar-refractivity contribution in [1.29, 1.82) is 0 Å². The lowest BCUT2D eigenvalue weighted by atomic mass is 9.84. The maximum absolute atomic E-state index is 13.2. The molecule has 12 heteroatoms. The topological polar surface area (TPSA) is 139 Å². The number of rotatable bonds is 7. The first kappa shape index (κ1) is 22.9. The second-order valence-electron chi connectivity index (χ2n) is 8.08. The number of nitrogens with one attached hydrogen (secondary N) is 1. The highest BCUT2D eigenvalue weighted by atomic mass is 32.2. The number of aliphatic carboxylic acids is 1. The molecule has 0 bridgehead atoms. The second kappa shape index (κ2) is 10.5. The average Bonchev–Trinajstić information content (AvgIpc) is 3.16. The van der Waals surface area contributed by atoms with Gasteiger partial charge in [0.1, 0.15) is 6.54 Å². The van der Waals surface area contributed by atoms with Gasteiger partial charge in [-0.3, -0.25) is 18.6 Å². The zero-order valence-electron chi connectivity index (χ0n) is 17.0. The largest absolute Gasteiger partial charge is 0.755 e. The standard InChI is InChI=1S/C18H29N5O5S2/c1-12-7-9-14(10-8-12)23(13-5-3-2-4-6-13)17(26)19-16-20-21-18(29-16)22(30(27)28)11-15(24)25/h12-14H,2-11H2,1H3,(H,24,25)(H,27,28)(H,19,20,26)/p-1. The molecule has 0 spiro atoms. The van der Waals surface area contributed by atoms with Gasteiger partial charge in [-0.2, -0.15) is 0 Å². The van der Waals surface area contributed by atoms with Crippen LogP contribution in [0.4, 0.5) is 15.1 Å². The molecule has 2 saturated carbocycles. The zero-order valence-corrected chi connectivity index (χ0v) is 18.6. The summed E-state index contributed by atoms with van der Waals surface area (Å²) < 4.78 is 23.2. The first-order chi connectivity index (χ1) is 14.3. The third kappa shape index (κ3) is 5.88. The quantitative estimate of drug-likeness (QED) is 0.599. The van der Waals surface area contributed by atoms with Crippen LogP contribution < -0.4 is 9.62 Å². The van der Waals surface area contributed by atoms with E-state index in [-0.39, 0.29) is 28.4 Å². The van der Waals surface area contributed by atoms with E-state index >= 15 is 0 Å². The molecule has 0 aromatic carbocycles. The second-order valence-corrected chi connectivity index (χ2v) is 9.91. The van der Waals surface area contributed by atoms with Crippen LogP contribution in [0.5, 0.6) is 0 Å². The molecular formula is C18H28N5O5S2-. The molecule has 3 rings (SSSR count). The van der Waals surface area contributed by atoms with Crippen LogP contribution in [0.15, 0.2) is 0 Å². The predicted octanol–water partition coefficient (Wildman–Crippen LogP) is 2.97. The van der Waals surface area contributed by atoms with Gasteiger partial charge in [-0.15, -0.1) is 10.2 Å². The Morgan fingerprint density at radius 2 is 1.77 bits per heavy atom. The van der Waals surface area contributed by atoms with Crippen LogP contribution in [0.2, 0.25) is 0 Å². The number of carbonyl (C=O) groups excluding carboxylic acids is 1. The van der Waals surface area contributed by atoms with Gasteiger partial charge < -0.3 is 14.6 Å². The monoisotopic (exact) mass is 458 g/mol. The van der Waals surface area contributed by atoms with Crippen LogP contribution >= 0.6 is 11.3 Å². The molecule has 2 aliphatic carbocycles. The number of carboxylic acid groups (broad SMARTS) is 1. The van der Waals surface area contributed by atoms with Gasteiger partial charge in [0.15, 0.2) is 0 Å². The number of urea groups is 1. The Morgan fingerprint density at radius 1 is 1.13 bits per heavy atom. The first-order valence-corrected chi connectivity index (χ1v) is 12.2. The molecule has 1 atom stereocenters. The van der Waals surface area contributed by atoms with Crippen LogP contribution in [0, 0.1) is 5.92 Å². The number of amides is 2. The van der Waals surface area contributed by atoms with Gasteiger partial charge in [0.25, 0.3) is 0 Å². The molecule has 0 saturated heterocycles. The van der Waals surface area contributed by atoms with Crippen molar-refractivity contribution >= 4 is 44.9 Å². The van der Waals surface area contributed by atoms with E-state index < -0.39 is 23.8 Å². The molecule has 1 aromatic heterocycles. The van der Waals surface area contributed by atoms with E-state index in [0.29, 0.717) is 10.2 Å². The fourth-order valence-corrected chi connectivity index (χ4v) is 5.65. The van der Waals surface area contributed by atoms with E-state index in [0.717, 1.165) is 62.7 Å². The van der Waals surface area contributed by atoms with E-state index in [2.05, 4.69) is 22.4 Å². The van der Waals surface area contributed by atoms with E-state index in [1.165, 1.54) is 6.42 Å². The maximum Gasteiger partial charge on any atom is 0.324 e. The number of hydrogen-bond acceptors (Lipinski definition) is 7. The summed E-state index contributed by atoms with van der Waals surface area (Å²) in [6.07, 6.45) is 9.55. The van der Waals surface area contributed by atoms with Crippen molar-refractivity contribution in [2.45, 2.75) is 76.8 Å². The average molecular weight is 459 g/mol. The Balaban J connectivity index is 1.73.